The number of morpholine rings is 2. The van der Waals surface area contributed by atoms with E-state index in [0.29, 0.717) is 38.5 Å². The van der Waals surface area contributed by atoms with E-state index in [0.717, 1.165) is 13.1 Å². The molecule has 0 bridgehead atoms. The summed E-state index contributed by atoms with van der Waals surface area (Å²) in [4.78, 5) is 13.7. The summed E-state index contributed by atoms with van der Waals surface area (Å²) in [7, 11) is -3.52. The second kappa shape index (κ2) is 8.66. The van der Waals surface area contributed by atoms with Gasteiger partial charge in [-0.15, -0.1) is 0 Å². The van der Waals surface area contributed by atoms with Crippen LogP contribution < -0.4 is 10.2 Å². The molecular weight excluding hydrogens is 370 g/mol. The SMILES string of the molecule is C[C@@H]1C[NH+](CC(=O)Nc2ccc(S(=O)(=O)N3CCOCC3)cc2)C[C@H](C)O1. The molecule has 9 heteroatoms. The summed E-state index contributed by atoms with van der Waals surface area (Å²) in [5.41, 5.74) is 0.592. The van der Waals surface area contributed by atoms with Crippen molar-refractivity contribution in [2.24, 2.45) is 0 Å². The van der Waals surface area contributed by atoms with E-state index in [1.54, 1.807) is 12.1 Å². The first-order chi connectivity index (χ1) is 12.8. The molecule has 1 aromatic rings. The second-order valence-corrected chi connectivity index (χ2v) is 9.12. The monoisotopic (exact) mass is 398 g/mol. The third-order valence-electron chi connectivity index (χ3n) is 4.77. The van der Waals surface area contributed by atoms with Gasteiger partial charge in [0.25, 0.3) is 5.91 Å². The van der Waals surface area contributed by atoms with Gasteiger partial charge >= 0.3 is 0 Å². The number of sulfonamides is 1. The molecule has 1 aromatic carbocycles. The maximum absolute atomic E-state index is 12.6. The molecule has 2 saturated heterocycles. The number of rotatable bonds is 5. The van der Waals surface area contributed by atoms with Gasteiger partial charge in [-0.3, -0.25) is 4.79 Å². The molecule has 2 heterocycles. The molecule has 2 fully saturated rings. The molecule has 2 N–H and O–H groups in total. The van der Waals surface area contributed by atoms with Crippen molar-refractivity contribution in [3.05, 3.63) is 24.3 Å². The molecule has 0 spiro atoms. The molecular formula is C18H28N3O5S+. The van der Waals surface area contributed by atoms with Crippen molar-refractivity contribution in [1.29, 1.82) is 0 Å². The number of amides is 1. The van der Waals surface area contributed by atoms with Crippen molar-refractivity contribution in [2.75, 3.05) is 51.3 Å². The highest BCUT2D eigenvalue weighted by molar-refractivity contribution is 7.89. The molecule has 0 aliphatic carbocycles. The summed E-state index contributed by atoms with van der Waals surface area (Å²) in [5.74, 6) is -0.0879. The Morgan fingerprint density at radius 1 is 1.15 bits per heavy atom. The van der Waals surface area contributed by atoms with Gasteiger partial charge in [-0.2, -0.15) is 4.31 Å². The van der Waals surface area contributed by atoms with Crippen molar-refractivity contribution in [1.82, 2.24) is 4.31 Å². The summed E-state index contributed by atoms with van der Waals surface area (Å²) < 4.78 is 37.5. The normalized spacial score (nSPS) is 27.3. The van der Waals surface area contributed by atoms with Crippen LogP contribution in [0.15, 0.2) is 29.2 Å². The number of quaternary nitrogens is 1. The lowest BCUT2D eigenvalue weighted by molar-refractivity contribution is -0.907. The zero-order chi connectivity index (χ0) is 19.4. The molecule has 0 aromatic heterocycles. The summed E-state index contributed by atoms with van der Waals surface area (Å²) in [6.07, 6.45) is 0.280. The predicted octanol–water partition coefficient (Wildman–Crippen LogP) is -0.662. The van der Waals surface area contributed by atoms with E-state index in [1.165, 1.54) is 21.3 Å². The fourth-order valence-electron chi connectivity index (χ4n) is 3.61. The average Bonchev–Trinajstić information content (AvgIpc) is 2.62. The first-order valence-corrected chi connectivity index (χ1v) is 10.8. The molecule has 1 amide bonds. The Kier molecular flexibility index (Phi) is 6.48. The topological polar surface area (TPSA) is 89.4 Å². The van der Waals surface area contributed by atoms with E-state index >= 15 is 0 Å². The first-order valence-electron chi connectivity index (χ1n) is 9.31. The van der Waals surface area contributed by atoms with Crippen molar-refractivity contribution in [3.8, 4) is 0 Å². The molecule has 27 heavy (non-hydrogen) atoms. The highest BCUT2D eigenvalue weighted by Gasteiger charge is 2.28. The molecule has 150 valence electrons. The van der Waals surface area contributed by atoms with Gasteiger partial charge in [0.05, 0.1) is 18.1 Å². The van der Waals surface area contributed by atoms with E-state index in [2.05, 4.69) is 5.32 Å². The van der Waals surface area contributed by atoms with Crippen LogP contribution in [0, 0.1) is 0 Å². The Balaban J connectivity index is 1.58. The Morgan fingerprint density at radius 3 is 2.33 bits per heavy atom. The number of ether oxygens (including phenoxy) is 2. The van der Waals surface area contributed by atoms with E-state index in [4.69, 9.17) is 9.47 Å². The Hall–Kier alpha value is -1.52. The van der Waals surface area contributed by atoms with Crippen molar-refractivity contribution in [3.63, 3.8) is 0 Å². The van der Waals surface area contributed by atoms with Crippen LogP contribution in [0.5, 0.6) is 0 Å². The highest BCUT2D eigenvalue weighted by Crippen LogP contribution is 2.19. The van der Waals surface area contributed by atoms with Gasteiger partial charge in [-0.25, -0.2) is 8.42 Å². The number of hydrogen-bond donors (Lipinski definition) is 2. The lowest BCUT2D eigenvalue weighted by atomic mass is 10.2. The minimum Gasteiger partial charge on any atom is -0.379 e. The summed E-state index contributed by atoms with van der Waals surface area (Å²) in [6.45, 7) is 7.54. The third-order valence-corrected chi connectivity index (χ3v) is 6.69. The average molecular weight is 399 g/mol. The van der Waals surface area contributed by atoms with Crippen LogP contribution in [0.1, 0.15) is 13.8 Å². The van der Waals surface area contributed by atoms with Crippen LogP contribution in [0.3, 0.4) is 0 Å². The molecule has 3 rings (SSSR count). The minimum atomic E-state index is -3.52. The summed E-state index contributed by atoms with van der Waals surface area (Å²) >= 11 is 0. The second-order valence-electron chi connectivity index (χ2n) is 7.18. The van der Waals surface area contributed by atoms with Gasteiger partial charge in [-0.1, -0.05) is 0 Å². The van der Waals surface area contributed by atoms with E-state index in [-0.39, 0.29) is 23.0 Å². The van der Waals surface area contributed by atoms with E-state index in [1.807, 2.05) is 13.8 Å². The zero-order valence-corrected chi connectivity index (χ0v) is 16.6. The smallest absolute Gasteiger partial charge is 0.279 e. The van der Waals surface area contributed by atoms with Crippen molar-refractivity contribution < 1.29 is 27.6 Å². The van der Waals surface area contributed by atoms with Gasteiger partial charge in [0.2, 0.25) is 10.0 Å². The van der Waals surface area contributed by atoms with Crippen LogP contribution in [-0.2, 0) is 24.3 Å². The quantitative estimate of drug-likeness (QED) is 0.687. The standard InChI is InChI=1S/C18H27N3O5S/c1-14-11-20(12-15(2)26-14)13-18(22)19-16-3-5-17(6-4-16)27(23,24)21-7-9-25-10-8-21/h3-6,14-15H,7-13H2,1-2H3,(H,19,22)/p+1/t14-,15+. The number of carbonyl (C=O) groups excluding carboxylic acids is 1. The molecule has 3 atom stereocenters. The van der Waals surface area contributed by atoms with Crippen LogP contribution in [0.2, 0.25) is 0 Å². The number of hydrogen-bond acceptors (Lipinski definition) is 5. The lowest BCUT2D eigenvalue weighted by Crippen LogP contribution is -3.16. The van der Waals surface area contributed by atoms with Crippen molar-refractivity contribution >= 4 is 21.6 Å². The van der Waals surface area contributed by atoms with Crippen molar-refractivity contribution in [2.45, 2.75) is 31.0 Å². The summed E-state index contributed by atoms with van der Waals surface area (Å²) in [6, 6.07) is 6.33. The van der Waals surface area contributed by atoms with Gasteiger partial charge in [0.1, 0.15) is 25.3 Å². The van der Waals surface area contributed by atoms with E-state index < -0.39 is 10.0 Å². The fourth-order valence-corrected chi connectivity index (χ4v) is 5.02. The maximum Gasteiger partial charge on any atom is 0.279 e. The van der Waals surface area contributed by atoms with Crippen LogP contribution in [0.25, 0.3) is 0 Å². The Bertz CT molecular complexity index is 737. The fraction of sp³-hybridized carbons (Fsp3) is 0.611. The van der Waals surface area contributed by atoms with E-state index in [9.17, 15) is 13.2 Å². The van der Waals surface area contributed by atoms with Crippen LogP contribution in [-0.4, -0.2) is 76.8 Å². The van der Waals surface area contributed by atoms with Gasteiger partial charge < -0.3 is 19.7 Å². The predicted molar refractivity (Wildman–Crippen MR) is 100 cm³/mol. The first kappa shape index (κ1) is 20.2. The van der Waals surface area contributed by atoms with Gasteiger partial charge in [0.15, 0.2) is 6.54 Å². The summed E-state index contributed by atoms with van der Waals surface area (Å²) in [5, 5.41) is 2.85. The highest BCUT2D eigenvalue weighted by atomic mass is 32.2. The molecule has 2 aliphatic rings. The number of carbonyl (C=O) groups is 1. The number of nitrogens with zero attached hydrogens (tertiary/aromatic N) is 1. The maximum atomic E-state index is 12.6. The Morgan fingerprint density at radius 2 is 1.74 bits per heavy atom. The zero-order valence-electron chi connectivity index (χ0n) is 15.8. The third kappa shape index (κ3) is 5.26. The molecule has 8 nitrogen and oxygen atoms in total. The number of anilines is 1. The molecule has 0 radical (unpaired) electrons. The van der Waals surface area contributed by atoms with Crippen LogP contribution >= 0.6 is 0 Å². The van der Waals surface area contributed by atoms with Gasteiger partial charge in [-0.05, 0) is 38.1 Å². The number of nitrogens with one attached hydrogen (secondary N) is 2. The van der Waals surface area contributed by atoms with Crippen LogP contribution in [0.4, 0.5) is 5.69 Å². The number of benzene rings is 1. The minimum absolute atomic E-state index is 0.0879. The lowest BCUT2D eigenvalue weighted by Gasteiger charge is -2.31. The van der Waals surface area contributed by atoms with Gasteiger partial charge in [0, 0.05) is 18.8 Å². The molecule has 2 aliphatic heterocycles. The molecule has 1 unspecified atom stereocenters. The Labute approximate surface area is 160 Å². The molecule has 0 saturated carbocycles. The largest absolute Gasteiger partial charge is 0.379 e.